The molecule has 2 heteroatoms. The Kier molecular flexibility index (Phi) is 8.19. The maximum absolute atomic E-state index is 6.25. The Labute approximate surface area is 337 Å². The molecule has 2 nitrogen and oxygen atoms in total. The maximum atomic E-state index is 6.25. The van der Waals surface area contributed by atoms with Crippen LogP contribution in [0.5, 0.6) is 0 Å². The second kappa shape index (κ2) is 14.1. The molecule has 0 bridgehead atoms. The summed E-state index contributed by atoms with van der Waals surface area (Å²) in [5.74, 6) is 0. The van der Waals surface area contributed by atoms with E-state index in [1.807, 2.05) is 12.1 Å². The van der Waals surface area contributed by atoms with Gasteiger partial charge in [0.1, 0.15) is 11.2 Å². The summed E-state index contributed by atoms with van der Waals surface area (Å²) in [5, 5.41) is 7.24. The van der Waals surface area contributed by atoms with Crippen LogP contribution in [-0.4, -0.2) is 0 Å². The predicted octanol–water partition coefficient (Wildman–Crippen LogP) is 16.0. The fraction of sp³-hybridized carbons (Fsp3) is 0. The molecule has 1 aromatic heterocycles. The molecule has 0 aliphatic carbocycles. The molecule has 0 N–H and O–H groups in total. The molecule has 0 spiro atoms. The van der Waals surface area contributed by atoms with Crippen LogP contribution in [0.1, 0.15) is 0 Å². The number of hydrogen-bond donors (Lipinski definition) is 0. The highest BCUT2D eigenvalue weighted by Gasteiger charge is 2.19. The van der Waals surface area contributed by atoms with Crippen molar-refractivity contribution in [2.75, 3.05) is 4.90 Å². The van der Waals surface area contributed by atoms with Gasteiger partial charge in [0.15, 0.2) is 0 Å². The van der Waals surface area contributed by atoms with Crippen LogP contribution < -0.4 is 4.90 Å². The van der Waals surface area contributed by atoms with Gasteiger partial charge in [0.2, 0.25) is 0 Å². The number of hydrogen-bond acceptors (Lipinski definition) is 2. The number of furan rings is 1. The number of fused-ring (bicyclic) bond motifs is 5. The van der Waals surface area contributed by atoms with Crippen LogP contribution in [0, 0.1) is 0 Å². The van der Waals surface area contributed by atoms with Crippen molar-refractivity contribution in [3.8, 4) is 44.5 Å². The van der Waals surface area contributed by atoms with E-state index in [2.05, 4.69) is 217 Å². The van der Waals surface area contributed by atoms with Crippen LogP contribution in [0.3, 0.4) is 0 Å². The smallest absolute Gasteiger partial charge is 0.136 e. The summed E-state index contributed by atoms with van der Waals surface area (Å²) < 4.78 is 6.25. The Hall–Kier alpha value is -7.68. The number of anilines is 3. The first-order valence-corrected chi connectivity index (χ1v) is 19.8. The molecule has 272 valence electrons. The summed E-state index contributed by atoms with van der Waals surface area (Å²) in [5.41, 5.74) is 14.6. The second-order valence-corrected chi connectivity index (χ2v) is 14.9. The molecule has 58 heavy (non-hydrogen) atoms. The third kappa shape index (κ3) is 5.91. The van der Waals surface area contributed by atoms with Crippen molar-refractivity contribution in [3.63, 3.8) is 0 Å². The summed E-state index contributed by atoms with van der Waals surface area (Å²) in [4.78, 5) is 2.39. The molecule has 0 fully saturated rings. The fourth-order valence-electron chi connectivity index (χ4n) is 8.62. The normalized spacial score (nSPS) is 11.4. The molecular weight excluding hydrogens is 703 g/mol. The highest BCUT2D eigenvalue weighted by atomic mass is 16.3. The van der Waals surface area contributed by atoms with Crippen LogP contribution in [0.2, 0.25) is 0 Å². The van der Waals surface area contributed by atoms with Crippen LogP contribution in [0.4, 0.5) is 17.1 Å². The zero-order chi connectivity index (χ0) is 38.4. The minimum absolute atomic E-state index is 0.900. The average molecular weight is 740 g/mol. The third-order valence-electron chi connectivity index (χ3n) is 11.5. The third-order valence-corrected chi connectivity index (χ3v) is 11.5. The maximum Gasteiger partial charge on any atom is 0.136 e. The lowest BCUT2D eigenvalue weighted by atomic mass is 9.95. The van der Waals surface area contributed by atoms with Crippen LogP contribution >= 0.6 is 0 Å². The van der Waals surface area contributed by atoms with E-state index in [9.17, 15) is 0 Å². The van der Waals surface area contributed by atoms with Gasteiger partial charge in [-0.25, -0.2) is 0 Å². The molecule has 0 atom stereocenters. The lowest BCUT2D eigenvalue weighted by Gasteiger charge is -2.28. The van der Waals surface area contributed by atoms with E-state index in [-0.39, 0.29) is 0 Å². The van der Waals surface area contributed by atoms with Gasteiger partial charge in [0.05, 0.1) is 5.69 Å². The van der Waals surface area contributed by atoms with Crippen molar-refractivity contribution in [2.24, 2.45) is 0 Å². The van der Waals surface area contributed by atoms with Crippen LogP contribution in [0.15, 0.2) is 229 Å². The quantitative estimate of drug-likeness (QED) is 0.162. The molecule has 1 heterocycles. The van der Waals surface area contributed by atoms with Gasteiger partial charge in [-0.2, -0.15) is 0 Å². The molecule has 0 unspecified atom stereocenters. The van der Waals surface area contributed by atoms with Crippen molar-refractivity contribution >= 4 is 60.5 Å². The van der Waals surface area contributed by atoms with Gasteiger partial charge in [-0.05, 0) is 109 Å². The van der Waals surface area contributed by atoms with E-state index >= 15 is 0 Å². The lowest BCUT2D eigenvalue weighted by Crippen LogP contribution is -2.11. The Morgan fingerprint density at radius 1 is 0.293 bits per heavy atom. The van der Waals surface area contributed by atoms with Gasteiger partial charge in [-0.1, -0.05) is 176 Å². The number of nitrogens with zero attached hydrogens (tertiary/aromatic N) is 1. The van der Waals surface area contributed by atoms with Crippen LogP contribution in [-0.2, 0) is 0 Å². The van der Waals surface area contributed by atoms with E-state index < -0.39 is 0 Å². The molecule has 0 aliphatic heterocycles. The SMILES string of the molecule is c1ccc(N(c2ccc(-c3ccc(-c4ccc5ccccc5c4)cc3)cc2)c2ccc(-c3cccc4oc5ccccc5c34)cc2)c(-c2cccc3ccccc23)c1. The van der Waals surface area contributed by atoms with E-state index in [1.165, 1.54) is 54.9 Å². The fourth-order valence-corrected chi connectivity index (χ4v) is 8.62. The number of benzene rings is 10. The largest absolute Gasteiger partial charge is 0.456 e. The minimum Gasteiger partial charge on any atom is -0.456 e. The highest BCUT2D eigenvalue weighted by Crippen LogP contribution is 2.44. The van der Waals surface area contributed by atoms with Crippen LogP contribution in [0.25, 0.3) is 88.0 Å². The van der Waals surface area contributed by atoms with Crippen molar-refractivity contribution in [3.05, 3.63) is 224 Å². The van der Waals surface area contributed by atoms with Crippen molar-refractivity contribution in [1.29, 1.82) is 0 Å². The van der Waals surface area contributed by atoms with Crippen molar-refractivity contribution in [2.45, 2.75) is 0 Å². The van der Waals surface area contributed by atoms with Gasteiger partial charge in [0, 0.05) is 27.7 Å². The second-order valence-electron chi connectivity index (χ2n) is 14.9. The van der Waals surface area contributed by atoms with Gasteiger partial charge < -0.3 is 9.32 Å². The zero-order valence-electron chi connectivity index (χ0n) is 31.7. The van der Waals surface area contributed by atoms with E-state index in [1.54, 1.807) is 0 Å². The first-order chi connectivity index (χ1) is 28.7. The first-order valence-electron chi connectivity index (χ1n) is 19.8. The van der Waals surface area contributed by atoms with Crippen molar-refractivity contribution < 1.29 is 4.42 Å². The molecule has 0 saturated heterocycles. The molecule has 10 aromatic carbocycles. The Morgan fingerprint density at radius 3 is 1.57 bits per heavy atom. The number of para-hydroxylation sites is 2. The first kappa shape index (κ1) is 33.6. The number of rotatable bonds is 7. The summed E-state index contributed by atoms with van der Waals surface area (Å²) in [6.07, 6.45) is 0. The van der Waals surface area contributed by atoms with Gasteiger partial charge in [-0.15, -0.1) is 0 Å². The molecule has 0 saturated carbocycles. The molecule has 0 radical (unpaired) electrons. The Balaban J connectivity index is 0.999. The average Bonchev–Trinajstić information content (AvgIpc) is 3.69. The Bertz CT molecular complexity index is 3260. The summed E-state index contributed by atoms with van der Waals surface area (Å²) in [6.45, 7) is 0. The molecule has 0 amide bonds. The minimum atomic E-state index is 0.900. The zero-order valence-corrected chi connectivity index (χ0v) is 31.7. The van der Waals surface area contributed by atoms with E-state index in [0.29, 0.717) is 0 Å². The molecule has 0 aliphatic rings. The predicted molar refractivity (Wildman–Crippen MR) is 245 cm³/mol. The van der Waals surface area contributed by atoms with E-state index in [0.717, 1.165) is 50.1 Å². The summed E-state index contributed by atoms with van der Waals surface area (Å²) >= 11 is 0. The monoisotopic (exact) mass is 739 g/mol. The standard InChI is InChI=1S/C56H37NO/c1-2-13-44-37-45(28-27-38(44)11-1)41-25-23-39(24-26-41)40-29-33-46(34-30-40)57(53-20-7-5-16-51(53)50-19-9-14-42-12-3-4-15-48(42)50)47-35-31-43(32-36-47)49-18-10-22-55-56(49)52-17-6-8-21-54(52)58-55/h1-37H. The van der Waals surface area contributed by atoms with E-state index in [4.69, 9.17) is 4.42 Å². The summed E-state index contributed by atoms with van der Waals surface area (Å²) in [7, 11) is 0. The van der Waals surface area contributed by atoms with Gasteiger partial charge in [-0.3, -0.25) is 0 Å². The summed E-state index contributed by atoms with van der Waals surface area (Å²) in [6, 6.07) is 80.7. The highest BCUT2D eigenvalue weighted by molar-refractivity contribution is 6.12. The lowest BCUT2D eigenvalue weighted by molar-refractivity contribution is 0.669. The molecular formula is C56H37NO. The van der Waals surface area contributed by atoms with Gasteiger partial charge in [0.25, 0.3) is 0 Å². The van der Waals surface area contributed by atoms with Gasteiger partial charge >= 0.3 is 0 Å². The molecule has 11 aromatic rings. The topological polar surface area (TPSA) is 16.4 Å². The molecule has 11 rings (SSSR count). The Morgan fingerprint density at radius 2 is 0.793 bits per heavy atom. The van der Waals surface area contributed by atoms with Crippen molar-refractivity contribution in [1.82, 2.24) is 0 Å².